The zero-order valence-corrected chi connectivity index (χ0v) is 32.6. The molecule has 0 bridgehead atoms. The summed E-state index contributed by atoms with van der Waals surface area (Å²) in [6.45, 7) is 4.38. The van der Waals surface area contributed by atoms with E-state index in [0.717, 1.165) is 89.9 Å². The number of carbonyl (C=O) groups is 2. The van der Waals surface area contributed by atoms with E-state index in [1.165, 1.54) is 89.9 Å². The Balaban J connectivity index is -0.000000727. The molecule has 0 rings (SSSR count). The van der Waals surface area contributed by atoms with E-state index in [4.69, 9.17) is 0 Å². The monoisotopic (exact) mass is 712 g/mol. The first-order chi connectivity index (χ1) is 20.3. The quantitative estimate of drug-likeness (QED) is 0.0540. The van der Waals surface area contributed by atoms with E-state index in [9.17, 15) is 30.0 Å². The van der Waals surface area contributed by atoms with Crippen molar-refractivity contribution in [1.29, 1.82) is 0 Å². The molecule has 43 heavy (non-hydrogen) atoms. The normalized spacial score (nSPS) is 12.2. The van der Waals surface area contributed by atoms with E-state index in [0.29, 0.717) is 0 Å². The molecule has 0 aliphatic rings. The van der Waals surface area contributed by atoms with Gasteiger partial charge in [-0.05, 0) is 51.4 Å². The van der Waals surface area contributed by atoms with Crippen LogP contribution in [0.25, 0.3) is 0 Å². The van der Waals surface area contributed by atoms with Crippen molar-refractivity contribution in [1.82, 2.24) is 0 Å². The molecule has 0 saturated carbocycles. The van der Waals surface area contributed by atoms with E-state index < -0.39 is 11.9 Å². The van der Waals surface area contributed by atoms with Gasteiger partial charge < -0.3 is 30.0 Å². The number of aliphatic hydroxyl groups excluding tert-OH is 2. The van der Waals surface area contributed by atoms with Crippen LogP contribution in [0.5, 0.6) is 0 Å². The molecular formula is C36H70CdO6. The number of carbonyl (C=O) groups excluding carboxylic acids is 2. The molecule has 0 spiro atoms. The van der Waals surface area contributed by atoms with E-state index in [-0.39, 0.29) is 52.3 Å². The summed E-state index contributed by atoms with van der Waals surface area (Å²) in [5.74, 6) is -1.85. The largest absolute Gasteiger partial charge is 2.00 e. The van der Waals surface area contributed by atoms with Crippen LogP contribution in [0.15, 0.2) is 0 Å². The van der Waals surface area contributed by atoms with Crippen molar-refractivity contribution >= 4 is 11.9 Å². The zero-order valence-electron chi connectivity index (χ0n) is 28.6. The van der Waals surface area contributed by atoms with Crippen molar-refractivity contribution in [2.75, 3.05) is 0 Å². The van der Waals surface area contributed by atoms with Gasteiger partial charge in [0.25, 0.3) is 0 Å². The van der Waals surface area contributed by atoms with Crippen LogP contribution in [0.1, 0.15) is 206 Å². The molecule has 0 aliphatic carbocycles. The molecule has 0 saturated heterocycles. The Morgan fingerprint density at radius 3 is 0.860 bits per heavy atom. The van der Waals surface area contributed by atoms with Crippen molar-refractivity contribution in [3.05, 3.63) is 0 Å². The maximum atomic E-state index is 10.2. The summed E-state index contributed by atoms with van der Waals surface area (Å²) in [5, 5.41) is 40.0. The average molecular weight is 711 g/mol. The van der Waals surface area contributed by atoms with Crippen LogP contribution in [0.4, 0.5) is 0 Å². The van der Waals surface area contributed by atoms with Gasteiger partial charge in [-0.3, -0.25) is 0 Å². The maximum Gasteiger partial charge on any atom is 2.00 e. The van der Waals surface area contributed by atoms with E-state index >= 15 is 0 Å². The summed E-state index contributed by atoms with van der Waals surface area (Å²) in [6, 6.07) is 0. The van der Waals surface area contributed by atoms with Crippen LogP contribution < -0.4 is 10.2 Å². The second-order valence-corrected chi connectivity index (χ2v) is 12.5. The number of rotatable bonds is 32. The number of aliphatic carboxylic acids is 2. The van der Waals surface area contributed by atoms with Gasteiger partial charge in [0.15, 0.2) is 0 Å². The minimum absolute atomic E-state index is 0. The first kappa shape index (κ1) is 47.2. The predicted molar refractivity (Wildman–Crippen MR) is 172 cm³/mol. The van der Waals surface area contributed by atoms with Crippen LogP contribution in [0, 0.1) is 0 Å². The Morgan fingerprint density at radius 1 is 0.419 bits per heavy atom. The van der Waals surface area contributed by atoms with E-state index in [1.54, 1.807) is 0 Å². The fourth-order valence-corrected chi connectivity index (χ4v) is 5.32. The van der Waals surface area contributed by atoms with Crippen LogP contribution in [-0.4, -0.2) is 34.4 Å². The Morgan fingerprint density at radius 2 is 0.628 bits per heavy atom. The molecule has 6 nitrogen and oxygen atoms in total. The Bertz CT molecular complexity index is 512. The Hall–Kier alpha value is -0.218. The van der Waals surface area contributed by atoms with Crippen LogP contribution in [0.2, 0.25) is 0 Å². The molecular weight excluding hydrogens is 641 g/mol. The molecule has 2 unspecified atom stereocenters. The number of carboxylic acids is 2. The first-order valence-electron chi connectivity index (χ1n) is 18.1. The SMILES string of the molecule is CCCCCC(O)CCCCCCCCCCCC(=O)[O-].CCCCCC(O)CCCCCCCCCCCC(=O)[O-].[Cd+2]. The number of carboxylic acid groups (broad SMARTS) is 2. The summed E-state index contributed by atoms with van der Waals surface area (Å²) in [4.78, 5) is 20.5. The van der Waals surface area contributed by atoms with Crippen molar-refractivity contribution in [2.24, 2.45) is 0 Å². The van der Waals surface area contributed by atoms with Gasteiger partial charge in [-0.1, -0.05) is 155 Å². The average Bonchev–Trinajstić information content (AvgIpc) is 2.95. The van der Waals surface area contributed by atoms with Gasteiger partial charge >= 0.3 is 27.3 Å². The summed E-state index contributed by atoms with van der Waals surface area (Å²) >= 11 is 0. The molecule has 0 fully saturated rings. The second kappa shape index (κ2) is 39.8. The van der Waals surface area contributed by atoms with Crippen LogP contribution in [0.3, 0.4) is 0 Å². The summed E-state index contributed by atoms with van der Waals surface area (Å²) in [5.41, 5.74) is 0. The van der Waals surface area contributed by atoms with E-state index in [2.05, 4.69) is 13.8 Å². The van der Waals surface area contributed by atoms with Crippen molar-refractivity contribution in [3.63, 3.8) is 0 Å². The topological polar surface area (TPSA) is 121 Å². The predicted octanol–water partition coefficient (Wildman–Crippen LogP) is 7.93. The molecule has 2 atom stereocenters. The number of aliphatic hydroxyl groups is 2. The van der Waals surface area contributed by atoms with Crippen LogP contribution in [-0.2, 0) is 36.9 Å². The molecule has 0 amide bonds. The van der Waals surface area contributed by atoms with Crippen molar-refractivity contribution in [2.45, 2.75) is 219 Å². The molecule has 2 N–H and O–H groups in total. The van der Waals surface area contributed by atoms with Crippen LogP contribution >= 0.6 is 0 Å². The van der Waals surface area contributed by atoms with Gasteiger partial charge in [-0.15, -0.1) is 0 Å². The third-order valence-corrected chi connectivity index (χ3v) is 8.12. The smallest absolute Gasteiger partial charge is 0.550 e. The molecule has 0 aromatic carbocycles. The third-order valence-electron chi connectivity index (χ3n) is 8.12. The maximum absolute atomic E-state index is 10.2. The summed E-state index contributed by atoms with van der Waals surface area (Å²) < 4.78 is 0. The minimum Gasteiger partial charge on any atom is -0.550 e. The molecule has 7 heteroatoms. The fourth-order valence-electron chi connectivity index (χ4n) is 5.32. The van der Waals surface area contributed by atoms with Gasteiger partial charge in [0.1, 0.15) is 0 Å². The fraction of sp³-hybridized carbons (Fsp3) is 0.944. The Kier molecular flexibility index (Phi) is 43.7. The molecule has 0 aromatic heterocycles. The van der Waals surface area contributed by atoms with Gasteiger partial charge in [-0.25, -0.2) is 0 Å². The van der Waals surface area contributed by atoms with Gasteiger partial charge in [0, 0.05) is 11.9 Å². The molecule has 0 aromatic rings. The second-order valence-electron chi connectivity index (χ2n) is 12.5. The van der Waals surface area contributed by atoms with Gasteiger partial charge in [0.05, 0.1) is 12.2 Å². The molecule has 0 aliphatic heterocycles. The summed E-state index contributed by atoms with van der Waals surface area (Å²) in [6.07, 6.45) is 32.0. The standard InChI is InChI=1S/2C18H36O3.Cd/c2*1-2-3-11-14-17(19)15-12-9-7-5-4-6-8-10-13-16-18(20)21;/h2*17,19H,2-16H2,1H3,(H,20,21);/q;;+2/p-2. The Labute approximate surface area is 286 Å². The number of hydrogen-bond donors (Lipinski definition) is 2. The summed E-state index contributed by atoms with van der Waals surface area (Å²) in [7, 11) is 0. The zero-order chi connectivity index (χ0) is 31.5. The van der Waals surface area contributed by atoms with Gasteiger partial charge in [0.2, 0.25) is 0 Å². The van der Waals surface area contributed by atoms with Crippen molar-refractivity contribution < 1.29 is 57.3 Å². The van der Waals surface area contributed by atoms with E-state index in [1.807, 2.05) is 0 Å². The van der Waals surface area contributed by atoms with Gasteiger partial charge in [-0.2, -0.15) is 0 Å². The first-order valence-corrected chi connectivity index (χ1v) is 18.1. The minimum atomic E-state index is -0.924. The third kappa shape index (κ3) is 46.3. The molecule has 0 radical (unpaired) electrons. The van der Waals surface area contributed by atoms with Crippen molar-refractivity contribution in [3.8, 4) is 0 Å². The number of hydrogen-bond acceptors (Lipinski definition) is 6. The number of unbranched alkanes of at least 4 members (excludes halogenated alkanes) is 20. The molecule has 0 heterocycles. The molecule has 252 valence electrons.